The second-order valence-corrected chi connectivity index (χ2v) is 2.04. The Kier molecular flexibility index (Phi) is 11.4. The van der Waals surface area contributed by atoms with Crippen LogP contribution in [-0.4, -0.2) is 22.2 Å². The van der Waals surface area contributed by atoms with Gasteiger partial charge in [-0.25, -0.2) is 0 Å². The molecule has 0 unspecified atom stereocenters. The molecule has 2 N–H and O–H groups in total. The molecule has 0 aliphatic rings. The van der Waals surface area contributed by atoms with Gasteiger partial charge in [-0.05, 0) is 0 Å². The van der Waals surface area contributed by atoms with E-state index in [4.69, 9.17) is 10.2 Å². The Morgan fingerprint density at radius 2 is 1.43 bits per heavy atom. The fraction of sp³-hybridized carbons (Fsp3) is 0.111. The first-order valence-corrected chi connectivity index (χ1v) is 3.47. The fourth-order valence-corrected chi connectivity index (χ4v) is 0.471. The van der Waals surface area contributed by atoms with Crippen molar-refractivity contribution in [3.05, 3.63) is 36.4 Å². The minimum atomic E-state index is -1.31. The molecule has 0 saturated carbocycles. The van der Waals surface area contributed by atoms with E-state index in [-0.39, 0.29) is 29.6 Å². The maximum Gasteiger partial charge on any atom is 1.00 e. The zero-order valence-corrected chi connectivity index (χ0v) is 9.80. The van der Waals surface area contributed by atoms with Crippen LogP contribution in [0.5, 0.6) is 0 Å². The van der Waals surface area contributed by atoms with Crippen LogP contribution in [0.3, 0.4) is 0 Å². The molecule has 1 aromatic rings. The number of benzene rings is 1. The number of hydrogen-bond donors (Lipinski definition) is 2. The standard InChI is InChI=1S/C6H5.C3H4O4.Na/c1-2-4-6-5-3-1;4-2(5)1-3(6)7;/h1-5H;1H2,(H,4,5)(H,6,7);/q-1;;+1. The number of hydrogen-bond acceptors (Lipinski definition) is 2. The second-order valence-electron chi connectivity index (χ2n) is 2.04. The molecule has 0 fully saturated rings. The number of aliphatic carboxylic acids is 2. The van der Waals surface area contributed by atoms with Crippen LogP contribution < -0.4 is 29.6 Å². The molecule has 0 aliphatic heterocycles. The first-order valence-electron chi connectivity index (χ1n) is 3.47. The molecule has 0 spiro atoms. The van der Waals surface area contributed by atoms with Crippen molar-refractivity contribution < 1.29 is 49.4 Å². The van der Waals surface area contributed by atoms with Gasteiger partial charge in [-0.1, -0.05) is 0 Å². The van der Waals surface area contributed by atoms with E-state index in [0.717, 1.165) is 0 Å². The largest absolute Gasteiger partial charge is 1.00 e. The Morgan fingerprint density at radius 1 is 1.00 bits per heavy atom. The predicted molar refractivity (Wildman–Crippen MR) is 45.2 cm³/mol. The Bertz CT molecular complexity index is 222. The molecular formula is C9H9NaO4. The number of carboxylic acid groups (broad SMARTS) is 2. The van der Waals surface area contributed by atoms with Crippen LogP contribution in [0.4, 0.5) is 0 Å². The van der Waals surface area contributed by atoms with Crippen molar-refractivity contribution in [3.8, 4) is 0 Å². The van der Waals surface area contributed by atoms with Crippen molar-refractivity contribution in [1.82, 2.24) is 0 Å². The molecule has 0 radical (unpaired) electrons. The minimum absolute atomic E-state index is 0. The molecule has 5 heteroatoms. The third-order valence-corrected chi connectivity index (χ3v) is 0.910. The predicted octanol–water partition coefficient (Wildman–Crippen LogP) is -1.96. The van der Waals surface area contributed by atoms with Crippen LogP contribution in [0.15, 0.2) is 30.3 Å². The Hall–Kier alpha value is -0.840. The summed E-state index contributed by atoms with van der Waals surface area (Å²) in [7, 11) is 0. The maximum atomic E-state index is 9.43. The van der Waals surface area contributed by atoms with Gasteiger partial charge < -0.3 is 10.2 Å². The van der Waals surface area contributed by atoms with Gasteiger partial charge in [0.25, 0.3) is 0 Å². The van der Waals surface area contributed by atoms with Gasteiger partial charge in [0.2, 0.25) is 0 Å². The van der Waals surface area contributed by atoms with E-state index in [1.165, 1.54) is 0 Å². The fourth-order valence-electron chi connectivity index (χ4n) is 0.471. The Balaban J connectivity index is 0. The van der Waals surface area contributed by atoms with Gasteiger partial charge in [0.1, 0.15) is 6.42 Å². The molecule has 1 aromatic carbocycles. The molecule has 0 bridgehead atoms. The monoisotopic (exact) mass is 204 g/mol. The minimum Gasteiger partial charge on any atom is -0.481 e. The maximum absolute atomic E-state index is 9.43. The van der Waals surface area contributed by atoms with Gasteiger partial charge in [0, 0.05) is 0 Å². The van der Waals surface area contributed by atoms with E-state index >= 15 is 0 Å². The van der Waals surface area contributed by atoms with Gasteiger partial charge in [0.05, 0.1) is 0 Å². The van der Waals surface area contributed by atoms with Crippen LogP contribution in [0.1, 0.15) is 6.42 Å². The summed E-state index contributed by atoms with van der Waals surface area (Å²) < 4.78 is 0. The summed E-state index contributed by atoms with van der Waals surface area (Å²) in [5.41, 5.74) is 0. The van der Waals surface area contributed by atoms with Crippen LogP contribution in [0.2, 0.25) is 0 Å². The molecule has 0 heterocycles. The summed E-state index contributed by atoms with van der Waals surface area (Å²) in [6, 6.07) is 12.5. The van der Waals surface area contributed by atoms with E-state index in [1.54, 1.807) is 0 Å². The molecule has 0 aromatic heterocycles. The van der Waals surface area contributed by atoms with Gasteiger partial charge in [-0.3, -0.25) is 9.59 Å². The number of carboxylic acids is 2. The summed E-state index contributed by atoms with van der Waals surface area (Å²) >= 11 is 0. The molecule has 14 heavy (non-hydrogen) atoms. The smallest absolute Gasteiger partial charge is 0.481 e. The molecule has 4 nitrogen and oxygen atoms in total. The third-order valence-electron chi connectivity index (χ3n) is 0.910. The van der Waals surface area contributed by atoms with Crippen molar-refractivity contribution in [2.75, 3.05) is 0 Å². The summed E-state index contributed by atoms with van der Waals surface area (Å²) in [5, 5.41) is 15.4. The van der Waals surface area contributed by atoms with Crippen molar-refractivity contribution in [2.24, 2.45) is 0 Å². The number of rotatable bonds is 2. The average molecular weight is 204 g/mol. The van der Waals surface area contributed by atoms with Gasteiger partial charge >= 0.3 is 41.5 Å². The average Bonchev–Trinajstić information content (AvgIpc) is 2.06. The van der Waals surface area contributed by atoms with E-state index in [0.29, 0.717) is 0 Å². The van der Waals surface area contributed by atoms with Gasteiger partial charge in [-0.15, -0.1) is 0 Å². The number of carbonyl (C=O) groups is 2. The van der Waals surface area contributed by atoms with Crippen LogP contribution in [-0.2, 0) is 9.59 Å². The van der Waals surface area contributed by atoms with Gasteiger partial charge in [0.15, 0.2) is 0 Å². The van der Waals surface area contributed by atoms with Crippen LogP contribution in [0, 0.1) is 6.07 Å². The summed E-state index contributed by atoms with van der Waals surface area (Å²) in [4.78, 5) is 18.9. The van der Waals surface area contributed by atoms with E-state index in [2.05, 4.69) is 6.07 Å². The molecule has 0 aliphatic carbocycles. The van der Waals surface area contributed by atoms with Gasteiger partial charge in [-0.2, -0.15) is 36.4 Å². The molecule has 1 rings (SSSR count). The third kappa shape index (κ3) is 13.7. The summed E-state index contributed by atoms with van der Waals surface area (Å²) in [6.45, 7) is 0. The zero-order chi connectivity index (χ0) is 10.1. The van der Waals surface area contributed by atoms with Crippen molar-refractivity contribution in [1.29, 1.82) is 0 Å². The topological polar surface area (TPSA) is 74.6 Å². The van der Waals surface area contributed by atoms with Crippen LogP contribution >= 0.6 is 0 Å². The normalized spacial score (nSPS) is 7.43. The zero-order valence-electron chi connectivity index (χ0n) is 7.80. The summed E-state index contributed by atoms with van der Waals surface area (Å²) in [5.74, 6) is -2.62. The Labute approximate surface area is 104 Å². The Morgan fingerprint density at radius 3 is 1.50 bits per heavy atom. The van der Waals surface area contributed by atoms with E-state index < -0.39 is 18.4 Å². The van der Waals surface area contributed by atoms with Crippen LogP contribution in [0.25, 0.3) is 0 Å². The first kappa shape index (κ1) is 15.6. The molecular weight excluding hydrogens is 195 g/mol. The SMILES string of the molecule is O=C(O)CC(=O)O.[Na+].[c-]1ccccc1. The van der Waals surface area contributed by atoms with Crippen molar-refractivity contribution in [3.63, 3.8) is 0 Å². The molecule has 0 atom stereocenters. The second kappa shape index (κ2) is 10.2. The van der Waals surface area contributed by atoms with Crippen molar-refractivity contribution >= 4 is 11.9 Å². The van der Waals surface area contributed by atoms with E-state index in [9.17, 15) is 9.59 Å². The van der Waals surface area contributed by atoms with E-state index in [1.807, 2.05) is 30.3 Å². The molecule has 0 amide bonds. The quantitative estimate of drug-likeness (QED) is 0.333. The molecule has 70 valence electrons. The molecule has 0 saturated heterocycles. The summed E-state index contributed by atoms with van der Waals surface area (Å²) in [6.07, 6.45) is -0.806. The van der Waals surface area contributed by atoms with Crippen molar-refractivity contribution in [2.45, 2.75) is 6.42 Å². The first-order chi connectivity index (χ1) is 6.13.